The predicted octanol–water partition coefficient (Wildman–Crippen LogP) is 3.59. The fourth-order valence-electron chi connectivity index (χ4n) is 2.36. The molecule has 0 saturated carbocycles. The van der Waals surface area contributed by atoms with Crippen LogP contribution < -0.4 is 11.1 Å². The first-order valence-corrected chi connectivity index (χ1v) is 6.32. The molecule has 104 valence electrons. The lowest BCUT2D eigenvalue weighted by Gasteiger charge is -2.13. The molecule has 0 atom stereocenters. The zero-order valence-electron chi connectivity index (χ0n) is 11.8. The highest BCUT2D eigenvalue weighted by molar-refractivity contribution is 6.07. The molecule has 2 aromatic carbocycles. The standard InChI is InChI=1S/C16H17FN2O/c1-9-6-10(2)15(11(3)7-9)16(20)19-14-8-12(17)4-5-13(14)18/h4-8H,18H2,1-3H3,(H,19,20). The van der Waals surface area contributed by atoms with Gasteiger partial charge in [0.05, 0.1) is 11.4 Å². The van der Waals surface area contributed by atoms with Gasteiger partial charge < -0.3 is 11.1 Å². The Morgan fingerprint density at radius 2 is 1.70 bits per heavy atom. The molecule has 0 aliphatic rings. The topological polar surface area (TPSA) is 55.1 Å². The molecule has 0 aliphatic heterocycles. The Balaban J connectivity index is 2.36. The molecule has 0 bridgehead atoms. The number of hydrogen-bond acceptors (Lipinski definition) is 2. The zero-order valence-corrected chi connectivity index (χ0v) is 11.8. The van der Waals surface area contributed by atoms with Crippen LogP contribution in [-0.4, -0.2) is 5.91 Å². The molecule has 0 aromatic heterocycles. The quantitative estimate of drug-likeness (QED) is 0.821. The van der Waals surface area contributed by atoms with Gasteiger partial charge in [-0.3, -0.25) is 4.79 Å². The SMILES string of the molecule is Cc1cc(C)c(C(=O)Nc2cc(F)ccc2N)c(C)c1. The van der Waals surface area contributed by atoms with E-state index in [2.05, 4.69) is 5.32 Å². The molecule has 0 radical (unpaired) electrons. The number of nitrogens with one attached hydrogen (secondary N) is 1. The van der Waals surface area contributed by atoms with E-state index in [0.29, 0.717) is 11.3 Å². The minimum absolute atomic E-state index is 0.280. The molecule has 3 N–H and O–H groups in total. The Labute approximate surface area is 117 Å². The van der Waals surface area contributed by atoms with Crippen LogP contribution in [0.3, 0.4) is 0 Å². The third kappa shape index (κ3) is 2.79. The fraction of sp³-hybridized carbons (Fsp3) is 0.188. The van der Waals surface area contributed by atoms with E-state index < -0.39 is 5.82 Å². The fourth-order valence-corrected chi connectivity index (χ4v) is 2.36. The molecule has 0 fully saturated rings. The summed E-state index contributed by atoms with van der Waals surface area (Å²) >= 11 is 0. The van der Waals surface area contributed by atoms with E-state index >= 15 is 0 Å². The minimum Gasteiger partial charge on any atom is -0.397 e. The van der Waals surface area contributed by atoms with Gasteiger partial charge in [0.1, 0.15) is 5.82 Å². The molecule has 2 aromatic rings. The molecular weight excluding hydrogens is 255 g/mol. The highest BCUT2D eigenvalue weighted by Crippen LogP contribution is 2.22. The van der Waals surface area contributed by atoms with Crippen LogP contribution in [-0.2, 0) is 0 Å². The molecule has 0 unspecified atom stereocenters. The molecule has 4 heteroatoms. The molecule has 0 heterocycles. The summed E-state index contributed by atoms with van der Waals surface area (Å²) < 4.78 is 13.2. The van der Waals surface area contributed by atoms with Gasteiger partial charge in [0, 0.05) is 5.56 Å². The minimum atomic E-state index is -0.438. The number of amides is 1. The van der Waals surface area contributed by atoms with Crippen molar-refractivity contribution in [3.05, 3.63) is 58.4 Å². The summed E-state index contributed by atoms with van der Waals surface area (Å²) in [5.41, 5.74) is 9.82. The number of nitrogens with two attached hydrogens (primary N) is 1. The zero-order chi connectivity index (χ0) is 14.9. The number of halogens is 1. The molecule has 0 saturated heterocycles. The first-order chi connectivity index (χ1) is 9.38. The third-order valence-corrected chi connectivity index (χ3v) is 3.17. The summed E-state index contributed by atoms with van der Waals surface area (Å²) in [6, 6.07) is 7.78. The average molecular weight is 272 g/mol. The van der Waals surface area contributed by atoms with Crippen molar-refractivity contribution in [3.63, 3.8) is 0 Å². The Morgan fingerprint density at radius 3 is 2.30 bits per heavy atom. The van der Waals surface area contributed by atoms with Gasteiger partial charge in [0.2, 0.25) is 0 Å². The predicted molar refractivity (Wildman–Crippen MR) is 79.4 cm³/mol. The number of nitrogen functional groups attached to an aromatic ring is 1. The molecule has 20 heavy (non-hydrogen) atoms. The van der Waals surface area contributed by atoms with Crippen molar-refractivity contribution in [3.8, 4) is 0 Å². The van der Waals surface area contributed by atoms with Crippen molar-refractivity contribution in [2.24, 2.45) is 0 Å². The highest BCUT2D eigenvalue weighted by atomic mass is 19.1. The summed E-state index contributed by atoms with van der Waals surface area (Å²) in [5, 5.41) is 2.66. The maximum atomic E-state index is 13.2. The van der Waals surface area contributed by atoms with Crippen LogP contribution in [0.4, 0.5) is 15.8 Å². The number of anilines is 2. The van der Waals surface area contributed by atoms with Gasteiger partial charge >= 0.3 is 0 Å². The van der Waals surface area contributed by atoms with Gasteiger partial charge in [-0.15, -0.1) is 0 Å². The third-order valence-electron chi connectivity index (χ3n) is 3.17. The second-order valence-electron chi connectivity index (χ2n) is 4.96. The van der Waals surface area contributed by atoms with E-state index in [-0.39, 0.29) is 11.6 Å². The van der Waals surface area contributed by atoms with Gasteiger partial charge in [0.15, 0.2) is 0 Å². The Morgan fingerprint density at radius 1 is 1.10 bits per heavy atom. The van der Waals surface area contributed by atoms with Crippen molar-refractivity contribution in [1.82, 2.24) is 0 Å². The van der Waals surface area contributed by atoms with Gasteiger partial charge in [-0.25, -0.2) is 4.39 Å². The van der Waals surface area contributed by atoms with Crippen LogP contribution in [0.25, 0.3) is 0 Å². The smallest absolute Gasteiger partial charge is 0.256 e. The Hall–Kier alpha value is -2.36. The van der Waals surface area contributed by atoms with E-state index in [1.54, 1.807) is 0 Å². The van der Waals surface area contributed by atoms with E-state index in [9.17, 15) is 9.18 Å². The number of carbonyl (C=O) groups is 1. The molecule has 3 nitrogen and oxygen atoms in total. The van der Waals surface area contributed by atoms with Crippen molar-refractivity contribution < 1.29 is 9.18 Å². The van der Waals surface area contributed by atoms with Crippen molar-refractivity contribution >= 4 is 17.3 Å². The van der Waals surface area contributed by atoms with Gasteiger partial charge in [0.25, 0.3) is 5.91 Å². The van der Waals surface area contributed by atoms with Gasteiger partial charge in [-0.2, -0.15) is 0 Å². The first-order valence-electron chi connectivity index (χ1n) is 6.32. The summed E-state index contributed by atoms with van der Waals surface area (Å²) in [6.45, 7) is 5.74. The molecule has 0 aliphatic carbocycles. The lowest BCUT2D eigenvalue weighted by Crippen LogP contribution is -2.16. The number of aryl methyl sites for hydroxylation is 3. The summed E-state index contributed by atoms with van der Waals surface area (Å²) in [4.78, 5) is 12.3. The van der Waals surface area contributed by atoms with Crippen molar-refractivity contribution in [1.29, 1.82) is 0 Å². The number of rotatable bonds is 2. The summed E-state index contributed by atoms with van der Waals surface area (Å²) in [6.07, 6.45) is 0. The van der Waals surface area contributed by atoms with Crippen molar-refractivity contribution in [2.75, 3.05) is 11.1 Å². The van der Waals surface area contributed by atoms with Crippen LogP contribution in [0, 0.1) is 26.6 Å². The number of carbonyl (C=O) groups excluding carboxylic acids is 1. The Kier molecular flexibility index (Phi) is 3.74. The van der Waals surface area contributed by atoms with E-state index in [1.807, 2.05) is 32.9 Å². The largest absolute Gasteiger partial charge is 0.397 e. The molecular formula is C16H17FN2O. The summed E-state index contributed by atoms with van der Waals surface area (Å²) in [5.74, 6) is -0.718. The highest BCUT2D eigenvalue weighted by Gasteiger charge is 2.14. The second-order valence-corrected chi connectivity index (χ2v) is 4.96. The lowest BCUT2D eigenvalue weighted by atomic mass is 9.99. The molecule has 2 rings (SSSR count). The number of hydrogen-bond donors (Lipinski definition) is 2. The molecule has 0 spiro atoms. The van der Waals surface area contributed by atoms with Crippen LogP contribution >= 0.6 is 0 Å². The number of benzene rings is 2. The molecule has 1 amide bonds. The second kappa shape index (κ2) is 5.33. The van der Waals surface area contributed by atoms with Gasteiger partial charge in [-0.1, -0.05) is 17.7 Å². The lowest BCUT2D eigenvalue weighted by molar-refractivity contribution is 0.102. The average Bonchev–Trinajstić information content (AvgIpc) is 2.32. The van der Waals surface area contributed by atoms with E-state index in [4.69, 9.17) is 5.73 Å². The van der Waals surface area contributed by atoms with E-state index in [0.717, 1.165) is 16.7 Å². The van der Waals surface area contributed by atoms with Gasteiger partial charge in [-0.05, 0) is 50.1 Å². The maximum absolute atomic E-state index is 13.2. The Bertz CT molecular complexity index is 657. The van der Waals surface area contributed by atoms with Crippen LogP contribution in [0.1, 0.15) is 27.0 Å². The monoisotopic (exact) mass is 272 g/mol. The van der Waals surface area contributed by atoms with Crippen LogP contribution in [0.15, 0.2) is 30.3 Å². The van der Waals surface area contributed by atoms with Crippen molar-refractivity contribution in [2.45, 2.75) is 20.8 Å². The first kappa shape index (κ1) is 14.1. The van der Waals surface area contributed by atoms with Crippen LogP contribution in [0.2, 0.25) is 0 Å². The van der Waals surface area contributed by atoms with E-state index in [1.165, 1.54) is 18.2 Å². The van der Waals surface area contributed by atoms with Crippen LogP contribution in [0.5, 0.6) is 0 Å². The summed E-state index contributed by atoms with van der Waals surface area (Å²) in [7, 11) is 0. The maximum Gasteiger partial charge on any atom is 0.256 e. The normalized spacial score (nSPS) is 10.4.